The Morgan fingerprint density at radius 3 is 2.42 bits per heavy atom. The molecule has 128 valence electrons. The summed E-state index contributed by atoms with van der Waals surface area (Å²) in [5.41, 5.74) is 12.9. The number of nitrogens with two attached hydrogens (primary N) is 2. The van der Waals surface area contributed by atoms with Crippen LogP contribution < -0.4 is 16.8 Å². The van der Waals surface area contributed by atoms with Gasteiger partial charge in [0.05, 0.1) is 6.04 Å². The van der Waals surface area contributed by atoms with Crippen LogP contribution in [-0.4, -0.2) is 41.2 Å². The van der Waals surface area contributed by atoms with Crippen molar-refractivity contribution >= 4 is 17.6 Å². The SMILES string of the molecule is N=C(N)c1ccc(CNC(=O)[C@@H]2CCN2C(=O)[C@H](N)C2CC2)cc1. The summed E-state index contributed by atoms with van der Waals surface area (Å²) >= 11 is 0. The van der Waals surface area contributed by atoms with Crippen molar-refractivity contribution in [1.82, 2.24) is 10.2 Å². The van der Waals surface area contributed by atoms with Gasteiger partial charge in [-0.1, -0.05) is 24.3 Å². The summed E-state index contributed by atoms with van der Waals surface area (Å²) in [5.74, 6) is 0.0609. The summed E-state index contributed by atoms with van der Waals surface area (Å²) in [4.78, 5) is 26.2. The van der Waals surface area contributed by atoms with Crippen molar-refractivity contribution in [3.8, 4) is 0 Å². The van der Waals surface area contributed by atoms with E-state index in [4.69, 9.17) is 16.9 Å². The molecule has 1 aromatic rings. The maximum Gasteiger partial charge on any atom is 0.243 e. The average molecular weight is 329 g/mol. The van der Waals surface area contributed by atoms with E-state index in [2.05, 4.69) is 5.32 Å². The van der Waals surface area contributed by atoms with Crippen LogP contribution in [-0.2, 0) is 16.1 Å². The minimum atomic E-state index is -0.459. The number of carbonyl (C=O) groups is 2. The van der Waals surface area contributed by atoms with E-state index in [1.165, 1.54) is 0 Å². The number of amidine groups is 1. The summed E-state index contributed by atoms with van der Waals surface area (Å²) in [5, 5.41) is 10.2. The van der Waals surface area contributed by atoms with Crippen LogP contribution in [0.4, 0.5) is 0 Å². The number of amides is 2. The van der Waals surface area contributed by atoms with Gasteiger partial charge in [0.15, 0.2) is 0 Å². The van der Waals surface area contributed by atoms with E-state index in [9.17, 15) is 9.59 Å². The third-order valence-electron chi connectivity index (χ3n) is 4.75. The standard InChI is InChI=1S/C17H23N5O2/c18-14(11-5-6-11)17(24)22-8-7-13(22)16(23)21-9-10-1-3-12(4-2-10)15(19)20/h1-4,11,13-14H,5-9,18H2,(H3,19,20)(H,21,23)/t13-,14+/m0/s1. The van der Waals surface area contributed by atoms with Crippen LogP contribution in [0.5, 0.6) is 0 Å². The normalized spacial score (nSPS) is 20.9. The Balaban J connectivity index is 1.51. The van der Waals surface area contributed by atoms with Gasteiger partial charge >= 0.3 is 0 Å². The first-order valence-corrected chi connectivity index (χ1v) is 8.24. The van der Waals surface area contributed by atoms with Crippen molar-refractivity contribution in [3.63, 3.8) is 0 Å². The van der Waals surface area contributed by atoms with Crippen molar-refractivity contribution in [2.45, 2.75) is 37.9 Å². The highest BCUT2D eigenvalue weighted by atomic mass is 16.2. The lowest BCUT2D eigenvalue weighted by molar-refractivity contribution is -0.148. The van der Waals surface area contributed by atoms with Gasteiger partial charge in [0.2, 0.25) is 11.8 Å². The van der Waals surface area contributed by atoms with Gasteiger partial charge in [0.25, 0.3) is 0 Å². The van der Waals surface area contributed by atoms with Crippen molar-refractivity contribution in [2.75, 3.05) is 6.54 Å². The number of likely N-dealkylation sites (tertiary alicyclic amines) is 1. The molecule has 1 aromatic carbocycles. The topological polar surface area (TPSA) is 125 Å². The zero-order chi connectivity index (χ0) is 17.3. The molecule has 2 amide bonds. The molecule has 2 fully saturated rings. The van der Waals surface area contributed by atoms with Gasteiger partial charge < -0.3 is 21.7 Å². The highest BCUT2D eigenvalue weighted by Gasteiger charge is 2.43. The predicted molar refractivity (Wildman–Crippen MR) is 90.1 cm³/mol. The van der Waals surface area contributed by atoms with Gasteiger partial charge in [-0.2, -0.15) is 0 Å². The molecule has 1 heterocycles. The number of nitrogen functional groups attached to an aromatic ring is 1. The van der Waals surface area contributed by atoms with E-state index >= 15 is 0 Å². The van der Waals surface area contributed by atoms with Crippen molar-refractivity contribution in [3.05, 3.63) is 35.4 Å². The largest absolute Gasteiger partial charge is 0.384 e. The van der Waals surface area contributed by atoms with E-state index in [0.717, 1.165) is 18.4 Å². The van der Waals surface area contributed by atoms with Crippen LogP contribution in [0.15, 0.2) is 24.3 Å². The highest BCUT2D eigenvalue weighted by molar-refractivity contribution is 5.95. The van der Waals surface area contributed by atoms with Gasteiger partial charge in [-0.05, 0) is 30.7 Å². The molecule has 1 aliphatic heterocycles. The minimum Gasteiger partial charge on any atom is -0.384 e. The second-order valence-corrected chi connectivity index (χ2v) is 6.53. The van der Waals surface area contributed by atoms with Crippen molar-refractivity contribution in [2.24, 2.45) is 17.4 Å². The van der Waals surface area contributed by atoms with Crippen LogP contribution in [0.25, 0.3) is 0 Å². The number of rotatable bonds is 6. The van der Waals surface area contributed by atoms with Crippen LogP contribution in [0, 0.1) is 11.3 Å². The molecular weight excluding hydrogens is 306 g/mol. The molecule has 0 bridgehead atoms. The van der Waals surface area contributed by atoms with Gasteiger partial charge in [-0.25, -0.2) is 0 Å². The molecule has 0 unspecified atom stereocenters. The summed E-state index contributed by atoms with van der Waals surface area (Å²) < 4.78 is 0. The summed E-state index contributed by atoms with van der Waals surface area (Å²) in [6.45, 7) is 0.981. The molecule has 2 atom stereocenters. The smallest absolute Gasteiger partial charge is 0.243 e. The lowest BCUT2D eigenvalue weighted by Crippen LogP contribution is -2.61. The van der Waals surface area contributed by atoms with Gasteiger partial charge in [-0.15, -0.1) is 0 Å². The Kier molecular flexibility index (Phi) is 4.53. The molecule has 0 aromatic heterocycles. The first-order chi connectivity index (χ1) is 11.5. The Labute approximate surface area is 140 Å². The number of hydrogen-bond donors (Lipinski definition) is 4. The maximum atomic E-state index is 12.3. The van der Waals surface area contributed by atoms with Gasteiger partial charge in [0.1, 0.15) is 11.9 Å². The second-order valence-electron chi connectivity index (χ2n) is 6.53. The summed E-state index contributed by atoms with van der Waals surface area (Å²) in [7, 11) is 0. The Morgan fingerprint density at radius 1 is 1.25 bits per heavy atom. The molecule has 0 radical (unpaired) electrons. The fraction of sp³-hybridized carbons (Fsp3) is 0.471. The number of nitrogens with one attached hydrogen (secondary N) is 2. The summed E-state index contributed by atoms with van der Waals surface area (Å²) in [6, 6.07) is 6.28. The predicted octanol–water partition coefficient (Wildman–Crippen LogP) is -0.0749. The number of nitrogens with zero attached hydrogens (tertiary/aromatic N) is 1. The zero-order valence-electron chi connectivity index (χ0n) is 13.5. The number of carbonyl (C=O) groups excluding carboxylic acids is 2. The van der Waals surface area contributed by atoms with E-state index in [1.54, 1.807) is 17.0 Å². The molecule has 1 aliphatic carbocycles. The van der Waals surface area contributed by atoms with E-state index in [0.29, 0.717) is 31.0 Å². The number of benzene rings is 1. The van der Waals surface area contributed by atoms with Crippen LogP contribution >= 0.6 is 0 Å². The zero-order valence-corrected chi connectivity index (χ0v) is 13.5. The third-order valence-corrected chi connectivity index (χ3v) is 4.75. The van der Waals surface area contributed by atoms with Crippen molar-refractivity contribution < 1.29 is 9.59 Å². The highest BCUT2D eigenvalue weighted by Crippen LogP contribution is 2.33. The molecule has 1 saturated carbocycles. The average Bonchev–Trinajstić information content (AvgIpc) is 3.36. The van der Waals surface area contributed by atoms with E-state index in [1.807, 2.05) is 12.1 Å². The Hall–Kier alpha value is -2.41. The second kappa shape index (κ2) is 6.60. The van der Waals surface area contributed by atoms with Gasteiger partial charge in [0, 0.05) is 18.7 Å². The Morgan fingerprint density at radius 2 is 1.92 bits per heavy atom. The molecule has 0 spiro atoms. The molecule has 1 saturated heterocycles. The first kappa shape index (κ1) is 16.4. The molecular formula is C17H23N5O2. The van der Waals surface area contributed by atoms with E-state index < -0.39 is 12.1 Å². The summed E-state index contributed by atoms with van der Waals surface area (Å²) in [6.07, 6.45) is 2.69. The molecule has 3 rings (SSSR count). The first-order valence-electron chi connectivity index (χ1n) is 8.24. The molecule has 6 N–H and O–H groups in total. The Bertz CT molecular complexity index is 653. The quantitative estimate of drug-likeness (QED) is 0.430. The third kappa shape index (κ3) is 3.41. The molecule has 7 heteroatoms. The van der Waals surface area contributed by atoms with Crippen LogP contribution in [0.2, 0.25) is 0 Å². The van der Waals surface area contributed by atoms with Gasteiger partial charge in [-0.3, -0.25) is 15.0 Å². The lowest BCUT2D eigenvalue weighted by Gasteiger charge is -2.41. The minimum absolute atomic E-state index is 0.0150. The monoisotopic (exact) mass is 329 g/mol. The fourth-order valence-electron chi connectivity index (χ4n) is 2.88. The van der Waals surface area contributed by atoms with E-state index in [-0.39, 0.29) is 17.6 Å². The molecule has 7 nitrogen and oxygen atoms in total. The maximum absolute atomic E-state index is 12.3. The van der Waals surface area contributed by atoms with Crippen molar-refractivity contribution in [1.29, 1.82) is 5.41 Å². The molecule has 2 aliphatic rings. The fourth-order valence-corrected chi connectivity index (χ4v) is 2.88. The number of hydrogen-bond acceptors (Lipinski definition) is 4. The van der Waals surface area contributed by atoms with Crippen LogP contribution in [0.1, 0.15) is 30.4 Å². The van der Waals surface area contributed by atoms with Crippen LogP contribution in [0.3, 0.4) is 0 Å². The lowest BCUT2D eigenvalue weighted by atomic mass is 9.99. The molecule has 24 heavy (non-hydrogen) atoms.